The highest BCUT2D eigenvalue weighted by molar-refractivity contribution is 5.72. The number of fused-ring (bicyclic) bond motifs is 1. The number of hydrogen-bond donors (Lipinski definition) is 0. The van der Waals surface area contributed by atoms with Crippen molar-refractivity contribution in [1.82, 2.24) is 0 Å². The van der Waals surface area contributed by atoms with E-state index in [1.165, 1.54) is 11.1 Å². The Hall–Kier alpha value is -2.49. The maximum Gasteiger partial charge on any atom is 0.308 e. The van der Waals surface area contributed by atoms with Crippen LogP contribution in [0.15, 0.2) is 48.5 Å². The van der Waals surface area contributed by atoms with Crippen molar-refractivity contribution in [3.63, 3.8) is 0 Å². The van der Waals surface area contributed by atoms with Crippen molar-refractivity contribution in [1.29, 1.82) is 0 Å². The molecule has 0 amide bonds. The third kappa shape index (κ3) is 4.32. The van der Waals surface area contributed by atoms with Crippen LogP contribution >= 0.6 is 0 Å². The number of carbonyl (C=O) groups is 1. The molecule has 4 nitrogen and oxygen atoms in total. The van der Waals surface area contributed by atoms with Crippen molar-refractivity contribution in [2.75, 3.05) is 6.61 Å². The van der Waals surface area contributed by atoms with Crippen molar-refractivity contribution in [2.45, 2.75) is 57.7 Å². The summed E-state index contributed by atoms with van der Waals surface area (Å²) in [6.07, 6.45) is 5.74. The van der Waals surface area contributed by atoms with Gasteiger partial charge in [0, 0.05) is 0 Å². The van der Waals surface area contributed by atoms with E-state index in [2.05, 4.69) is 30.3 Å². The lowest BCUT2D eigenvalue weighted by Gasteiger charge is -2.29. The molecule has 0 spiro atoms. The van der Waals surface area contributed by atoms with Gasteiger partial charge in [0.25, 0.3) is 0 Å². The highest BCUT2D eigenvalue weighted by atomic mass is 16.5. The molecule has 0 aromatic heterocycles. The standard InChI is InChI=1S/C24H28O4/c1-2-26-24(25)18-8-11-20(12-9-18)27-21-13-15-23-19(16-21)10-14-22(28-23)17-6-4-3-5-7-17/h3-7,13,15-16,18,20,22H,2,8-12,14H2,1H3. The molecule has 1 saturated carbocycles. The van der Waals surface area contributed by atoms with Gasteiger partial charge in [-0.15, -0.1) is 0 Å². The van der Waals surface area contributed by atoms with Gasteiger partial charge in [-0.25, -0.2) is 0 Å². The minimum Gasteiger partial charge on any atom is -0.490 e. The number of hydrogen-bond acceptors (Lipinski definition) is 4. The van der Waals surface area contributed by atoms with Gasteiger partial charge in [-0.2, -0.15) is 0 Å². The van der Waals surface area contributed by atoms with Gasteiger partial charge < -0.3 is 14.2 Å². The summed E-state index contributed by atoms with van der Waals surface area (Å²) in [5.41, 5.74) is 2.44. The molecule has 1 unspecified atom stereocenters. The lowest BCUT2D eigenvalue weighted by molar-refractivity contribution is -0.149. The van der Waals surface area contributed by atoms with Gasteiger partial charge in [0.1, 0.15) is 17.6 Å². The molecular formula is C24H28O4. The topological polar surface area (TPSA) is 44.8 Å². The van der Waals surface area contributed by atoms with Gasteiger partial charge in [0.15, 0.2) is 0 Å². The Kier molecular flexibility index (Phi) is 5.84. The van der Waals surface area contributed by atoms with E-state index in [1.807, 2.05) is 25.1 Å². The Morgan fingerprint density at radius 2 is 1.82 bits per heavy atom. The Morgan fingerprint density at radius 3 is 2.57 bits per heavy atom. The fraction of sp³-hybridized carbons (Fsp3) is 0.458. The third-order valence-electron chi connectivity index (χ3n) is 5.75. The number of rotatable bonds is 5. The Morgan fingerprint density at radius 1 is 1.04 bits per heavy atom. The van der Waals surface area contributed by atoms with Crippen LogP contribution in [0.1, 0.15) is 56.3 Å². The number of carbonyl (C=O) groups excluding carboxylic acids is 1. The quantitative estimate of drug-likeness (QED) is 0.664. The first-order chi connectivity index (χ1) is 13.7. The van der Waals surface area contributed by atoms with E-state index in [1.54, 1.807) is 0 Å². The lowest BCUT2D eigenvalue weighted by Crippen LogP contribution is -2.29. The minimum atomic E-state index is -0.0557. The summed E-state index contributed by atoms with van der Waals surface area (Å²) in [4.78, 5) is 11.9. The van der Waals surface area contributed by atoms with E-state index in [9.17, 15) is 4.79 Å². The minimum absolute atomic E-state index is 0.0339. The average molecular weight is 380 g/mol. The van der Waals surface area contributed by atoms with Crippen molar-refractivity contribution in [3.8, 4) is 11.5 Å². The third-order valence-corrected chi connectivity index (χ3v) is 5.75. The first-order valence-corrected chi connectivity index (χ1v) is 10.4. The second-order valence-corrected chi connectivity index (χ2v) is 7.67. The van der Waals surface area contributed by atoms with Crippen LogP contribution in [0.3, 0.4) is 0 Å². The fourth-order valence-electron chi connectivity index (χ4n) is 4.21. The van der Waals surface area contributed by atoms with Crippen LogP contribution in [0.2, 0.25) is 0 Å². The smallest absolute Gasteiger partial charge is 0.308 e. The Labute approximate surface area is 166 Å². The number of aryl methyl sites for hydroxylation is 1. The molecule has 2 aromatic carbocycles. The van der Waals surface area contributed by atoms with E-state index >= 15 is 0 Å². The summed E-state index contributed by atoms with van der Waals surface area (Å²) in [5.74, 6) is 1.84. The largest absolute Gasteiger partial charge is 0.490 e. The van der Waals surface area contributed by atoms with Crippen molar-refractivity contribution in [3.05, 3.63) is 59.7 Å². The highest BCUT2D eigenvalue weighted by Gasteiger charge is 2.28. The second kappa shape index (κ2) is 8.68. The number of esters is 1. The normalized spacial score (nSPS) is 24.0. The molecule has 1 aliphatic heterocycles. The molecule has 0 saturated heterocycles. The maximum absolute atomic E-state index is 11.9. The summed E-state index contributed by atoms with van der Waals surface area (Å²) in [6, 6.07) is 16.6. The zero-order valence-corrected chi connectivity index (χ0v) is 16.4. The molecule has 1 fully saturated rings. The Bertz CT molecular complexity index is 794. The summed E-state index contributed by atoms with van der Waals surface area (Å²) < 4.78 is 17.6. The fourth-order valence-corrected chi connectivity index (χ4v) is 4.21. The molecule has 0 radical (unpaired) electrons. The zero-order valence-electron chi connectivity index (χ0n) is 16.4. The molecule has 1 heterocycles. The van der Waals surface area contributed by atoms with Gasteiger partial charge in [-0.3, -0.25) is 4.79 Å². The van der Waals surface area contributed by atoms with Crippen molar-refractivity contribution < 1.29 is 19.0 Å². The lowest BCUT2D eigenvalue weighted by atomic mass is 9.87. The number of ether oxygens (including phenoxy) is 3. The molecule has 148 valence electrons. The molecule has 1 atom stereocenters. The molecule has 0 N–H and O–H groups in total. The molecule has 2 aromatic rings. The van der Waals surface area contributed by atoms with E-state index in [0.717, 1.165) is 50.0 Å². The first kappa shape index (κ1) is 18.9. The van der Waals surface area contributed by atoms with Crippen LogP contribution in [-0.2, 0) is 16.0 Å². The summed E-state index contributed by atoms with van der Waals surface area (Å²) >= 11 is 0. The predicted octanol–water partition coefficient (Wildman–Crippen LogP) is 5.25. The summed E-state index contributed by atoms with van der Waals surface area (Å²) in [6.45, 7) is 2.31. The van der Waals surface area contributed by atoms with Crippen LogP contribution in [0.4, 0.5) is 0 Å². The zero-order chi connectivity index (χ0) is 19.3. The molecule has 1 aliphatic carbocycles. The van der Waals surface area contributed by atoms with Gasteiger partial charge in [-0.05, 0) is 74.8 Å². The highest BCUT2D eigenvalue weighted by Crippen LogP contribution is 2.37. The van der Waals surface area contributed by atoms with Crippen LogP contribution < -0.4 is 9.47 Å². The molecule has 4 rings (SSSR count). The van der Waals surface area contributed by atoms with Crippen LogP contribution in [0.5, 0.6) is 11.5 Å². The van der Waals surface area contributed by atoms with Gasteiger partial charge >= 0.3 is 5.97 Å². The molecule has 28 heavy (non-hydrogen) atoms. The van der Waals surface area contributed by atoms with Crippen LogP contribution in [0, 0.1) is 5.92 Å². The predicted molar refractivity (Wildman–Crippen MR) is 108 cm³/mol. The van der Waals surface area contributed by atoms with E-state index in [4.69, 9.17) is 14.2 Å². The average Bonchev–Trinajstić information content (AvgIpc) is 2.75. The number of benzene rings is 2. The molecule has 4 heteroatoms. The Balaban J connectivity index is 1.34. The maximum atomic E-state index is 11.9. The summed E-state index contributed by atoms with van der Waals surface area (Å²) in [5, 5.41) is 0. The van der Waals surface area contributed by atoms with Crippen LogP contribution in [-0.4, -0.2) is 18.7 Å². The SMILES string of the molecule is CCOC(=O)C1CCC(Oc2ccc3c(c2)CCC(c2ccccc2)O3)CC1. The van der Waals surface area contributed by atoms with E-state index < -0.39 is 0 Å². The molecule has 0 bridgehead atoms. The summed E-state index contributed by atoms with van der Waals surface area (Å²) in [7, 11) is 0. The van der Waals surface area contributed by atoms with Gasteiger partial charge in [-0.1, -0.05) is 30.3 Å². The second-order valence-electron chi connectivity index (χ2n) is 7.67. The van der Waals surface area contributed by atoms with Gasteiger partial charge in [0.2, 0.25) is 0 Å². The van der Waals surface area contributed by atoms with E-state index in [-0.39, 0.29) is 24.1 Å². The van der Waals surface area contributed by atoms with E-state index in [0.29, 0.717) is 6.61 Å². The van der Waals surface area contributed by atoms with Gasteiger partial charge in [0.05, 0.1) is 18.6 Å². The van der Waals surface area contributed by atoms with Crippen molar-refractivity contribution in [2.24, 2.45) is 5.92 Å². The van der Waals surface area contributed by atoms with Crippen LogP contribution in [0.25, 0.3) is 0 Å². The monoisotopic (exact) mass is 380 g/mol. The first-order valence-electron chi connectivity index (χ1n) is 10.4. The molecule has 2 aliphatic rings. The van der Waals surface area contributed by atoms with Crippen molar-refractivity contribution >= 4 is 5.97 Å². The molecular weight excluding hydrogens is 352 g/mol.